The lowest BCUT2D eigenvalue weighted by Gasteiger charge is -2.05. The smallest absolute Gasteiger partial charge is 0.324 e. The maximum atomic E-state index is 10.5. The van der Waals surface area contributed by atoms with Crippen LogP contribution in [0.1, 0.15) is 26.7 Å². The highest BCUT2D eigenvalue weighted by Gasteiger charge is 2.00. The Balaban J connectivity index is 3.08. The quantitative estimate of drug-likeness (QED) is 0.650. The van der Waals surface area contributed by atoms with Gasteiger partial charge in [0.1, 0.15) is 11.9 Å². The minimum Gasteiger partial charge on any atom is -0.348 e. The fraction of sp³-hybridized carbons (Fsp3) is 0.857. The van der Waals surface area contributed by atoms with Crippen LogP contribution in [0.3, 0.4) is 0 Å². The average Bonchev–Trinajstić information content (AvgIpc) is 1.97. The van der Waals surface area contributed by atoms with Gasteiger partial charge < -0.3 is 9.61 Å². The molecule has 1 N–H and O–H groups in total. The van der Waals surface area contributed by atoms with Crippen molar-refractivity contribution in [1.29, 1.82) is 0 Å². The van der Waals surface area contributed by atoms with Gasteiger partial charge in [0.05, 0.1) is 0 Å². The highest BCUT2D eigenvalue weighted by molar-refractivity contribution is 6.13. The Labute approximate surface area is 72.2 Å². The molecular formula is C7H14ClNO2. The minimum absolute atomic E-state index is 0.364. The second kappa shape index (κ2) is 6.43. The molecule has 0 atom stereocenters. The van der Waals surface area contributed by atoms with Crippen molar-refractivity contribution in [2.24, 2.45) is 0 Å². The van der Waals surface area contributed by atoms with Crippen molar-refractivity contribution in [3.63, 3.8) is 0 Å². The molecule has 0 bridgehead atoms. The van der Waals surface area contributed by atoms with Crippen LogP contribution in [0.4, 0.5) is 0 Å². The van der Waals surface area contributed by atoms with Crippen LogP contribution >= 0.6 is 11.9 Å². The molecule has 11 heavy (non-hydrogen) atoms. The molecule has 0 fully saturated rings. The summed E-state index contributed by atoms with van der Waals surface area (Å²) >= 11 is 4.82. The van der Waals surface area contributed by atoms with E-state index in [0.717, 1.165) is 13.0 Å². The second-order valence-corrected chi connectivity index (χ2v) is 2.82. The van der Waals surface area contributed by atoms with Gasteiger partial charge in [-0.2, -0.15) is 0 Å². The normalized spacial score (nSPS) is 10.2. The Bertz CT molecular complexity index is 117. The monoisotopic (exact) mass is 179 g/mol. The molecule has 0 aromatic carbocycles. The first-order valence-corrected chi connectivity index (χ1v) is 4.02. The fourth-order valence-electron chi connectivity index (χ4n) is 0.662. The first-order chi connectivity index (χ1) is 5.16. The number of nitrogens with one attached hydrogen (secondary N) is 1. The molecule has 0 unspecified atom stereocenters. The van der Waals surface area contributed by atoms with Crippen LogP contribution in [0.15, 0.2) is 0 Å². The molecule has 66 valence electrons. The van der Waals surface area contributed by atoms with Crippen molar-refractivity contribution < 1.29 is 9.08 Å². The van der Waals surface area contributed by atoms with E-state index in [1.54, 1.807) is 0 Å². The van der Waals surface area contributed by atoms with Gasteiger partial charge in [-0.3, -0.25) is 4.79 Å². The van der Waals surface area contributed by atoms with E-state index in [1.165, 1.54) is 0 Å². The van der Waals surface area contributed by atoms with E-state index >= 15 is 0 Å². The summed E-state index contributed by atoms with van der Waals surface area (Å²) in [5, 5.41) is 3.17. The summed E-state index contributed by atoms with van der Waals surface area (Å²) < 4.78 is 3.96. The van der Waals surface area contributed by atoms with E-state index in [-0.39, 0.29) is 5.97 Å². The van der Waals surface area contributed by atoms with Gasteiger partial charge >= 0.3 is 5.97 Å². The Morgan fingerprint density at radius 3 is 2.73 bits per heavy atom. The van der Waals surface area contributed by atoms with Crippen LogP contribution in [0.2, 0.25) is 0 Å². The van der Waals surface area contributed by atoms with Gasteiger partial charge in [-0.25, -0.2) is 0 Å². The Morgan fingerprint density at radius 1 is 1.64 bits per heavy atom. The molecule has 0 amide bonds. The SMILES string of the molecule is CC(C)NCCCC(=O)OCl. The molecule has 3 nitrogen and oxygen atoms in total. The molecule has 0 saturated heterocycles. The van der Waals surface area contributed by atoms with Crippen LogP contribution in [0.25, 0.3) is 0 Å². The predicted molar refractivity (Wildman–Crippen MR) is 44.3 cm³/mol. The number of hydrogen-bond donors (Lipinski definition) is 1. The summed E-state index contributed by atoms with van der Waals surface area (Å²) in [7, 11) is 0. The third-order valence-electron chi connectivity index (χ3n) is 1.20. The van der Waals surface area contributed by atoms with Gasteiger partial charge in [-0.1, -0.05) is 13.8 Å². The minimum atomic E-state index is -0.364. The van der Waals surface area contributed by atoms with Gasteiger partial charge in [-0.05, 0) is 13.0 Å². The molecule has 0 rings (SSSR count). The summed E-state index contributed by atoms with van der Waals surface area (Å²) in [4.78, 5) is 10.5. The predicted octanol–water partition coefficient (Wildman–Crippen LogP) is 1.46. The largest absolute Gasteiger partial charge is 0.348 e. The summed E-state index contributed by atoms with van der Waals surface area (Å²) in [6.07, 6.45) is 1.15. The molecule has 0 heterocycles. The second-order valence-electron chi connectivity index (χ2n) is 2.66. The highest BCUT2D eigenvalue weighted by atomic mass is 35.5. The molecule has 0 aliphatic rings. The maximum Gasteiger partial charge on any atom is 0.324 e. The Hall–Kier alpha value is -0.280. The van der Waals surface area contributed by atoms with Crippen molar-refractivity contribution in [2.45, 2.75) is 32.7 Å². The lowest BCUT2D eigenvalue weighted by atomic mass is 10.3. The lowest BCUT2D eigenvalue weighted by Crippen LogP contribution is -2.24. The zero-order chi connectivity index (χ0) is 8.69. The third-order valence-corrected chi connectivity index (χ3v) is 1.37. The molecule has 0 aromatic heterocycles. The number of halogens is 1. The van der Waals surface area contributed by atoms with E-state index in [0.29, 0.717) is 12.5 Å². The Kier molecular flexibility index (Phi) is 6.27. The Morgan fingerprint density at radius 2 is 2.27 bits per heavy atom. The van der Waals surface area contributed by atoms with Crippen LogP contribution in [0, 0.1) is 0 Å². The lowest BCUT2D eigenvalue weighted by molar-refractivity contribution is -0.134. The molecule has 4 heteroatoms. The average molecular weight is 180 g/mol. The van der Waals surface area contributed by atoms with E-state index in [1.807, 2.05) is 0 Å². The van der Waals surface area contributed by atoms with Crippen LogP contribution in [-0.4, -0.2) is 18.6 Å². The standard InChI is InChI=1S/C7H14ClNO2/c1-6(2)9-5-3-4-7(10)11-8/h6,9H,3-5H2,1-2H3. The highest BCUT2D eigenvalue weighted by Crippen LogP contribution is 1.93. The number of hydrogen-bond acceptors (Lipinski definition) is 3. The molecule has 0 aliphatic heterocycles. The summed E-state index contributed by atoms with van der Waals surface area (Å²) in [6.45, 7) is 4.93. The van der Waals surface area contributed by atoms with Crippen molar-refractivity contribution in [2.75, 3.05) is 6.54 Å². The number of rotatable bonds is 5. The van der Waals surface area contributed by atoms with E-state index in [2.05, 4.69) is 23.5 Å². The summed E-state index contributed by atoms with van der Waals surface area (Å²) in [5.41, 5.74) is 0. The van der Waals surface area contributed by atoms with E-state index in [9.17, 15) is 4.79 Å². The molecule has 0 spiro atoms. The molecule has 0 aliphatic carbocycles. The van der Waals surface area contributed by atoms with Gasteiger partial charge in [0.25, 0.3) is 0 Å². The van der Waals surface area contributed by atoms with E-state index in [4.69, 9.17) is 11.9 Å². The van der Waals surface area contributed by atoms with Crippen LogP contribution in [0.5, 0.6) is 0 Å². The van der Waals surface area contributed by atoms with E-state index < -0.39 is 0 Å². The topological polar surface area (TPSA) is 38.3 Å². The van der Waals surface area contributed by atoms with Gasteiger partial charge in [0.2, 0.25) is 0 Å². The molecule has 0 radical (unpaired) electrons. The summed E-state index contributed by atoms with van der Waals surface area (Å²) in [5.74, 6) is -0.364. The zero-order valence-corrected chi connectivity index (χ0v) is 7.65. The van der Waals surface area contributed by atoms with Gasteiger partial charge in [0.15, 0.2) is 0 Å². The van der Waals surface area contributed by atoms with Crippen molar-refractivity contribution in [1.82, 2.24) is 5.32 Å². The first-order valence-electron chi connectivity index (χ1n) is 3.71. The zero-order valence-electron chi connectivity index (χ0n) is 6.89. The fourth-order valence-corrected chi connectivity index (χ4v) is 0.739. The maximum absolute atomic E-state index is 10.5. The van der Waals surface area contributed by atoms with Crippen molar-refractivity contribution in [3.8, 4) is 0 Å². The van der Waals surface area contributed by atoms with Crippen molar-refractivity contribution in [3.05, 3.63) is 0 Å². The van der Waals surface area contributed by atoms with Crippen LogP contribution in [-0.2, 0) is 9.08 Å². The van der Waals surface area contributed by atoms with Gasteiger partial charge in [0, 0.05) is 12.5 Å². The third kappa shape index (κ3) is 7.62. The molecule has 0 saturated carbocycles. The first kappa shape index (κ1) is 10.7. The van der Waals surface area contributed by atoms with Gasteiger partial charge in [-0.15, -0.1) is 0 Å². The molecule has 0 aromatic rings. The van der Waals surface area contributed by atoms with Crippen LogP contribution < -0.4 is 5.32 Å². The number of carbonyl (C=O) groups excluding carboxylic acids is 1. The number of carbonyl (C=O) groups is 1. The summed E-state index contributed by atoms with van der Waals surface area (Å²) in [6, 6.07) is 0.460. The molecular weight excluding hydrogens is 166 g/mol. The van der Waals surface area contributed by atoms with Crippen molar-refractivity contribution >= 4 is 17.8 Å².